The number of hydrogen-bond acceptors (Lipinski definition) is 6. The number of pyridine rings is 1. The topological polar surface area (TPSA) is 83.5 Å². The minimum atomic E-state index is -3.69. The van der Waals surface area contributed by atoms with Crippen molar-refractivity contribution < 1.29 is 13.2 Å². The highest BCUT2D eigenvalue weighted by Gasteiger charge is 2.36. The zero-order valence-corrected chi connectivity index (χ0v) is 22.8. The Labute approximate surface area is 221 Å². The van der Waals surface area contributed by atoms with Gasteiger partial charge in [-0.3, -0.25) is 14.7 Å². The number of nitrogens with zero attached hydrogens (tertiary/aromatic N) is 4. The van der Waals surface area contributed by atoms with Crippen molar-refractivity contribution in [1.82, 2.24) is 14.3 Å². The van der Waals surface area contributed by atoms with E-state index in [9.17, 15) is 13.2 Å². The summed E-state index contributed by atoms with van der Waals surface area (Å²) in [6, 6.07) is 14.8. The predicted octanol–water partition coefficient (Wildman–Crippen LogP) is 5.25. The van der Waals surface area contributed by atoms with Gasteiger partial charge < -0.3 is 0 Å². The number of fused-ring (bicyclic) bond motifs is 1. The summed E-state index contributed by atoms with van der Waals surface area (Å²) in [5.41, 5.74) is 5.01. The number of aryl methyl sites for hydroxylation is 3. The van der Waals surface area contributed by atoms with E-state index in [1.54, 1.807) is 41.6 Å². The predicted molar refractivity (Wildman–Crippen MR) is 147 cm³/mol. The zero-order chi connectivity index (χ0) is 26.2. The van der Waals surface area contributed by atoms with Gasteiger partial charge in [0.1, 0.15) is 0 Å². The highest BCUT2D eigenvalue weighted by Crippen LogP contribution is 2.35. The Bertz CT molecular complexity index is 1530. The third kappa shape index (κ3) is 5.30. The average molecular weight is 535 g/mol. The summed E-state index contributed by atoms with van der Waals surface area (Å²) in [6.07, 6.45) is 4.71. The second-order valence-electron chi connectivity index (χ2n) is 9.73. The van der Waals surface area contributed by atoms with Crippen LogP contribution in [0.5, 0.6) is 0 Å². The standard InChI is InChI=1S/C28H30N4O3S2/c1-19-8-10-24(11-9-19)37(34,35)31-13-5-7-23(18-31)27(33)32(17-22-6-4-12-29-16-22)28-30-25-15-20(2)14-21(3)26(25)36-28/h4,6,8-12,14-16,23H,5,7,13,17-18H2,1-3H3. The smallest absolute Gasteiger partial charge is 0.243 e. The number of anilines is 1. The van der Waals surface area contributed by atoms with Gasteiger partial charge in [0, 0.05) is 25.5 Å². The SMILES string of the molecule is Cc1ccc(S(=O)(=O)N2CCCC(C(=O)N(Cc3cccnc3)c3nc4cc(C)cc(C)c4s3)C2)cc1. The molecule has 1 saturated heterocycles. The molecule has 0 saturated carbocycles. The Morgan fingerprint density at radius 3 is 2.62 bits per heavy atom. The van der Waals surface area contributed by atoms with E-state index in [-0.39, 0.29) is 17.3 Å². The summed E-state index contributed by atoms with van der Waals surface area (Å²) < 4.78 is 29.2. The number of benzene rings is 2. The van der Waals surface area contributed by atoms with Gasteiger partial charge in [0.05, 0.1) is 27.6 Å². The Balaban J connectivity index is 1.46. The van der Waals surface area contributed by atoms with Crippen LogP contribution in [-0.2, 0) is 21.4 Å². The summed E-state index contributed by atoms with van der Waals surface area (Å²) in [5, 5.41) is 0.621. The molecule has 1 aliphatic rings. The summed E-state index contributed by atoms with van der Waals surface area (Å²) >= 11 is 1.50. The fourth-order valence-electron chi connectivity index (χ4n) is 4.84. The third-order valence-electron chi connectivity index (χ3n) is 6.76. The highest BCUT2D eigenvalue weighted by molar-refractivity contribution is 7.89. The number of carbonyl (C=O) groups excluding carboxylic acids is 1. The van der Waals surface area contributed by atoms with Crippen LogP contribution in [0, 0.1) is 26.7 Å². The summed E-state index contributed by atoms with van der Waals surface area (Å²) in [6.45, 7) is 6.90. The third-order valence-corrected chi connectivity index (χ3v) is 9.87. The molecule has 2 aromatic heterocycles. The van der Waals surface area contributed by atoms with Crippen LogP contribution in [0.1, 0.15) is 35.1 Å². The number of aromatic nitrogens is 2. The molecule has 37 heavy (non-hydrogen) atoms. The fourth-order valence-corrected chi connectivity index (χ4v) is 7.38. The van der Waals surface area contributed by atoms with E-state index < -0.39 is 15.9 Å². The quantitative estimate of drug-likeness (QED) is 0.337. The van der Waals surface area contributed by atoms with E-state index in [2.05, 4.69) is 18.0 Å². The van der Waals surface area contributed by atoms with Crippen LogP contribution in [0.15, 0.2) is 65.8 Å². The molecule has 0 aliphatic carbocycles. The van der Waals surface area contributed by atoms with Gasteiger partial charge in [-0.15, -0.1) is 0 Å². The maximum atomic E-state index is 14.0. The summed E-state index contributed by atoms with van der Waals surface area (Å²) in [4.78, 5) is 25.1. The molecule has 9 heteroatoms. The molecule has 1 unspecified atom stereocenters. The normalized spacial score (nSPS) is 16.7. The van der Waals surface area contributed by atoms with E-state index in [0.29, 0.717) is 31.1 Å². The van der Waals surface area contributed by atoms with E-state index in [1.165, 1.54) is 15.6 Å². The summed E-state index contributed by atoms with van der Waals surface area (Å²) in [7, 11) is -3.69. The number of rotatable bonds is 6. The average Bonchev–Trinajstić information content (AvgIpc) is 3.32. The lowest BCUT2D eigenvalue weighted by molar-refractivity contribution is -0.123. The van der Waals surface area contributed by atoms with Crippen molar-refractivity contribution in [2.75, 3.05) is 18.0 Å². The van der Waals surface area contributed by atoms with Crippen LogP contribution < -0.4 is 4.90 Å². The molecular weight excluding hydrogens is 504 g/mol. The van der Waals surface area contributed by atoms with Gasteiger partial charge in [0.15, 0.2) is 5.13 Å². The van der Waals surface area contributed by atoms with Gasteiger partial charge in [-0.1, -0.05) is 41.2 Å². The van der Waals surface area contributed by atoms with Gasteiger partial charge in [-0.25, -0.2) is 13.4 Å². The lowest BCUT2D eigenvalue weighted by Crippen LogP contribution is -2.46. The minimum absolute atomic E-state index is 0.110. The number of hydrogen-bond donors (Lipinski definition) is 0. The van der Waals surface area contributed by atoms with Crippen molar-refractivity contribution >= 4 is 42.6 Å². The number of thiazole rings is 1. The van der Waals surface area contributed by atoms with Gasteiger partial charge >= 0.3 is 0 Å². The van der Waals surface area contributed by atoms with Gasteiger partial charge in [0.2, 0.25) is 15.9 Å². The van der Waals surface area contributed by atoms with Crippen LogP contribution in [0.4, 0.5) is 5.13 Å². The number of amides is 1. The van der Waals surface area contributed by atoms with Crippen LogP contribution in [-0.4, -0.2) is 41.7 Å². The molecular formula is C28H30N4O3S2. The van der Waals surface area contributed by atoms with Gasteiger partial charge in [-0.2, -0.15) is 4.31 Å². The molecule has 1 aliphatic heterocycles. The van der Waals surface area contributed by atoms with Crippen molar-refractivity contribution in [3.05, 3.63) is 83.2 Å². The Morgan fingerprint density at radius 2 is 1.89 bits per heavy atom. The lowest BCUT2D eigenvalue weighted by atomic mass is 9.98. The van der Waals surface area contributed by atoms with Gasteiger partial charge in [-0.05, 0) is 74.6 Å². The van der Waals surface area contributed by atoms with Crippen LogP contribution >= 0.6 is 11.3 Å². The van der Waals surface area contributed by atoms with Crippen LogP contribution in [0.2, 0.25) is 0 Å². The van der Waals surface area contributed by atoms with Crippen molar-refractivity contribution in [3.8, 4) is 0 Å². The Hall–Kier alpha value is -3.14. The van der Waals surface area contributed by atoms with E-state index in [1.807, 2.05) is 32.0 Å². The van der Waals surface area contributed by atoms with E-state index >= 15 is 0 Å². The first kappa shape index (κ1) is 25.5. The monoisotopic (exact) mass is 534 g/mol. The number of carbonyl (C=O) groups is 1. The second-order valence-corrected chi connectivity index (χ2v) is 12.6. The molecule has 1 amide bonds. The lowest BCUT2D eigenvalue weighted by Gasteiger charge is -2.33. The van der Waals surface area contributed by atoms with Crippen molar-refractivity contribution in [1.29, 1.82) is 0 Å². The molecule has 7 nitrogen and oxygen atoms in total. The maximum Gasteiger partial charge on any atom is 0.243 e. The van der Waals surface area contributed by atoms with Crippen molar-refractivity contribution in [3.63, 3.8) is 0 Å². The van der Waals surface area contributed by atoms with Crippen LogP contribution in [0.25, 0.3) is 10.2 Å². The molecule has 0 N–H and O–H groups in total. The van der Waals surface area contributed by atoms with E-state index in [4.69, 9.17) is 4.98 Å². The Morgan fingerprint density at radius 1 is 1.11 bits per heavy atom. The van der Waals surface area contributed by atoms with Gasteiger partial charge in [0.25, 0.3) is 0 Å². The molecule has 2 aromatic carbocycles. The first-order valence-electron chi connectivity index (χ1n) is 12.4. The fraction of sp³-hybridized carbons (Fsp3) is 0.321. The van der Waals surface area contributed by atoms with Crippen LogP contribution in [0.3, 0.4) is 0 Å². The zero-order valence-electron chi connectivity index (χ0n) is 21.2. The molecule has 0 bridgehead atoms. The molecule has 1 atom stereocenters. The molecule has 0 radical (unpaired) electrons. The number of piperidine rings is 1. The number of sulfonamides is 1. The first-order valence-corrected chi connectivity index (χ1v) is 14.6. The molecule has 1 fully saturated rings. The highest BCUT2D eigenvalue weighted by atomic mass is 32.2. The first-order chi connectivity index (χ1) is 17.7. The Kier molecular flexibility index (Phi) is 7.11. The molecule has 192 valence electrons. The van der Waals surface area contributed by atoms with E-state index in [0.717, 1.165) is 32.5 Å². The summed E-state index contributed by atoms with van der Waals surface area (Å²) in [5.74, 6) is -0.568. The molecule has 4 aromatic rings. The van der Waals surface area contributed by atoms with Crippen molar-refractivity contribution in [2.24, 2.45) is 5.92 Å². The molecule has 5 rings (SSSR count). The molecule has 0 spiro atoms. The largest absolute Gasteiger partial charge is 0.283 e. The maximum absolute atomic E-state index is 14.0. The molecule has 3 heterocycles. The second kappa shape index (κ2) is 10.3. The minimum Gasteiger partial charge on any atom is -0.283 e. The van der Waals surface area contributed by atoms with Crippen molar-refractivity contribution in [2.45, 2.75) is 45.1 Å².